The van der Waals surface area contributed by atoms with E-state index >= 15 is 0 Å². The Bertz CT molecular complexity index is 1620. The van der Waals surface area contributed by atoms with Gasteiger partial charge >= 0.3 is 5.69 Å². The number of aryl methyl sites for hydroxylation is 1. The van der Waals surface area contributed by atoms with E-state index in [-0.39, 0.29) is 23.7 Å². The maximum Gasteiger partial charge on any atom is 0.351 e. The summed E-state index contributed by atoms with van der Waals surface area (Å²) in [6, 6.07) is 23.1. The summed E-state index contributed by atoms with van der Waals surface area (Å²) >= 11 is 0. The molecule has 250 valence electrons. The number of anilines is 1. The number of aromatic nitrogens is 2. The third kappa shape index (κ3) is 5.84. The molecule has 47 heavy (non-hydrogen) atoms. The van der Waals surface area contributed by atoms with Gasteiger partial charge in [-0.25, -0.2) is 9.46 Å². The molecule has 0 saturated carbocycles. The van der Waals surface area contributed by atoms with Crippen LogP contribution in [0.1, 0.15) is 51.8 Å². The van der Waals surface area contributed by atoms with E-state index in [9.17, 15) is 9.59 Å². The molecule has 1 aromatic heterocycles. The second-order valence-corrected chi connectivity index (χ2v) is 19.5. The van der Waals surface area contributed by atoms with Crippen LogP contribution in [0.5, 0.6) is 0 Å². The molecule has 4 saturated heterocycles. The molecule has 3 aromatic rings. The molecule has 2 bridgehead atoms. The topological polar surface area (TPSA) is 104 Å². The monoisotopic (exact) mass is 676 g/mol. The molecular weight excluding hydrogens is 631 g/mol. The molecule has 0 spiro atoms. The molecule has 2 aromatic carbocycles. The van der Waals surface area contributed by atoms with Gasteiger partial charge in [-0.05, 0) is 32.2 Å². The molecule has 0 aliphatic carbocycles. The summed E-state index contributed by atoms with van der Waals surface area (Å²) < 4.78 is 30.9. The first-order valence-corrected chi connectivity index (χ1v) is 20.7. The van der Waals surface area contributed by atoms with Gasteiger partial charge in [0.15, 0.2) is 6.23 Å². The highest BCUT2D eigenvalue weighted by Gasteiger charge is 2.64. The lowest BCUT2D eigenvalue weighted by Crippen LogP contribution is -2.58. The van der Waals surface area contributed by atoms with Gasteiger partial charge in [0.25, 0.3) is 8.53 Å². The quantitative estimate of drug-likeness (QED) is 0.246. The number of carbonyl (C=O) groups excluding carboxylic acids is 1. The molecular formula is C35H45N4O6PSi. The largest absolute Gasteiger partial charge is 0.368 e. The zero-order valence-corrected chi connectivity index (χ0v) is 29.7. The lowest BCUT2D eigenvalue weighted by atomic mass is 9.96. The van der Waals surface area contributed by atoms with Gasteiger partial charge in [0.1, 0.15) is 31.7 Å². The van der Waals surface area contributed by atoms with Crippen LogP contribution in [0.15, 0.2) is 71.7 Å². The van der Waals surface area contributed by atoms with Gasteiger partial charge in [-0.2, -0.15) is 4.98 Å². The van der Waals surface area contributed by atoms with Gasteiger partial charge in [0, 0.05) is 30.3 Å². The van der Waals surface area contributed by atoms with Crippen molar-refractivity contribution in [1.82, 2.24) is 14.2 Å². The van der Waals surface area contributed by atoms with Crippen LogP contribution in [0, 0.1) is 12.8 Å². The Hall–Kier alpha value is -2.76. The summed E-state index contributed by atoms with van der Waals surface area (Å²) in [5.74, 6) is -0.156. The highest BCUT2D eigenvalue weighted by atomic mass is 31.2. The Kier molecular flexibility index (Phi) is 9.01. The Labute approximate surface area is 278 Å². The van der Waals surface area contributed by atoms with E-state index in [0.29, 0.717) is 24.6 Å². The number of hydrogen-bond donors (Lipinski definition) is 1. The summed E-state index contributed by atoms with van der Waals surface area (Å²) in [6.45, 7) is 11.3. The molecule has 0 radical (unpaired) electrons. The second kappa shape index (κ2) is 12.9. The van der Waals surface area contributed by atoms with Crippen LogP contribution >= 0.6 is 8.53 Å². The second-order valence-electron chi connectivity index (χ2n) is 13.9. The molecule has 5 heterocycles. The van der Waals surface area contributed by atoms with Crippen molar-refractivity contribution < 1.29 is 23.3 Å². The number of amides is 1. The average molecular weight is 677 g/mol. The van der Waals surface area contributed by atoms with Gasteiger partial charge in [-0.15, -0.1) is 0 Å². The van der Waals surface area contributed by atoms with Crippen molar-refractivity contribution in [3.05, 3.63) is 82.9 Å². The van der Waals surface area contributed by atoms with Gasteiger partial charge < -0.3 is 23.8 Å². The third-order valence-corrected chi connectivity index (χ3v) is 16.7. The van der Waals surface area contributed by atoms with Crippen LogP contribution in [0.4, 0.5) is 5.82 Å². The molecule has 7 rings (SSSR count). The third-order valence-electron chi connectivity index (χ3n) is 10.5. The van der Waals surface area contributed by atoms with Gasteiger partial charge in [-0.3, -0.25) is 9.36 Å². The first kappa shape index (κ1) is 32.8. The van der Waals surface area contributed by atoms with E-state index in [1.165, 1.54) is 14.9 Å². The number of carbonyl (C=O) groups is 1. The average Bonchev–Trinajstić information content (AvgIpc) is 3.85. The molecule has 10 nitrogen and oxygen atoms in total. The van der Waals surface area contributed by atoms with Crippen molar-refractivity contribution in [3.63, 3.8) is 0 Å². The standard InChI is InChI=1S/C35H45N4O6PSi/c1-6-35-22-42-29(33(43-35)38-20-24(4)31(37-34(38)41)36-32(40)23(2)3)30(35)45-46-39-19-13-18-27(39)28(44-46)21-47(5,25-14-9-7-10-15-25)26-16-11-8-12-17-26/h7-12,14-17,20,23,27-30,33H,6,13,18-19,21-22H2,1-5H3,(H,36,37,40,41)/t27-,28+,29?,30+,33+,35-,46+/m0/s1. The summed E-state index contributed by atoms with van der Waals surface area (Å²) in [5, 5.41) is 5.58. The zero-order chi connectivity index (χ0) is 32.9. The van der Waals surface area contributed by atoms with E-state index < -0.39 is 46.3 Å². The van der Waals surface area contributed by atoms with Crippen LogP contribution < -0.4 is 21.4 Å². The van der Waals surface area contributed by atoms with E-state index in [4.69, 9.17) is 18.5 Å². The number of benzene rings is 2. The molecule has 4 fully saturated rings. The summed E-state index contributed by atoms with van der Waals surface area (Å²) in [5.41, 5.74) is -0.540. The van der Waals surface area contributed by atoms with Gasteiger partial charge in [0.2, 0.25) is 5.91 Å². The number of ether oxygens (including phenoxy) is 2. The van der Waals surface area contributed by atoms with Crippen LogP contribution in [0.2, 0.25) is 12.6 Å². The number of fused-ring (bicyclic) bond motifs is 3. The molecule has 12 heteroatoms. The number of nitrogens with one attached hydrogen (secondary N) is 1. The fourth-order valence-corrected chi connectivity index (χ4v) is 13.6. The fraction of sp³-hybridized carbons (Fsp3) is 0.514. The summed E-state index contributed by atoms with van der Waals surface area (Å²) in [6.07, 6.45) is 3.02. The van der Waals surface area contributed by atoms with E-state index in [1.807, 2.05) is 6.92 Å². The van der Waals surface area contributed by atoms with Crippen molar-refractivity contribution in [2.75, 3.05) is 18.5 Å². The van der Waals surface area contributed by atoms with Gasteiger partial charge in [-0.1, -0.05) is 98.4 Å². The lowest BCUT2D eigenvalue weighted by Gasteiger charge is -2.32. The molecule has 4 aliphatic heterocycles. The summed E-state index contributed by atoms with van der Waals surface area (Å²) in [4.78, 5) is 29.8. The first-order chi connectivity index (χ1) is 22.6. The van der Waals surface area contributed by atoms with Crippen LogP contribution in [-0.4, -0.2) is 71.3 Å². The molecule has 7 atom stereocenters. The van der Waals surface area contributed by atoms with E-state index in [2.05, 4.69) is 89.1 Å². The minimum absolute atomic E-state index is 0.0537. The highest BCUT2D eigenvalue weighted by molar-refractivity contribution is 7.45. The summed E-state index contributed by atoms with van der Waals surface area (Å²) in [7, 11) is -3.50. The Morgan fingerprint density at radius 3 is 2.47 bits per heavy atom. The molecule has 4 aliphatic rings. The minimum Gasteiger partial charge on any atom is -0.368 e. The predicted octanol–water partition coefficient (Wildman–Crippen LogP) is 4.59. The maximum absolute atomic E-state index is 13.3. The van der Waals surface area contributed by atoms with Crippen LogP contribution in [0.25, 0.3) is 0 Å². The van der Waals surface area contributed by atoms with Crippen molar-refractivity contribution in [3.8, 4) is 0 Å². The van der Waals surface area contributed by atoms with Crippen molar-refractivity contribution in [2.24, 2.45) is 5.92 Å². The zero-order valence-electron chi connectivity index (χ0n) is 27.8. The SMILES string of the molecule is CC[C@@]12COC([C@H](n3cc(C)c(NC(=O)C(C)C)nc3=O)O1)[C@H]2O[P@@]1O[C@H](C[Si](C)(c2ccccc2)c2ccccc2)[C@@H]2CCCN21. The number of hydrogen-bond acceptors (Lipinski definition) is 8. The van der Waals surface area contributed by atoms with Crippen molar-refractivity contribution in [2.45, 2.75) is 95.7 Å². The van der Waals surface area contributed by atoms with E-state index in [0.717, 1.165) is 25.4 Å². The smallest absolute Gasteiger partial charge is 0.351 e. The Morgan fingerprint density at radius 1 is 1.15 bits per heavy atom. The molecule has 1 unspecified atom stereocenters. The van der Waals surface area contributed by atoms with Crippen molar-refractivity contribution in [1.29, 1.82) is 0 Å². The molecule has 1 N–H and O–H groups in total. The predicted molar refractivity (Wildman–Crippen MR) is 185 cm³/mol. The Balaban J connectivity index is 1.13. The van der Waals surface area contributed by atoms with Gasteiger partial charge in [0.05, 0.1) is 12.7 Å². The van der Waals surface area contributed by atoms with Crippen LogP contribution in [-0.2, 0) is 23.3 Å². The first-order valence-electron chi connectivity index (χ1n) is 16.8. The highest BCUT2D eigenvalue weighted by Crippen LogP contribution is 2.61. The molecule has 1 amide bonds. The van der Waals surface area contributed by atoms with E-state index in [1.54, 1.807) is 20.0 Å². The fourth-order valence-electron chi connectivity index (χ4n) is 7.62. The minimum atomic E-state index is -2.14. The maximum atomic E-state index is 13.3. The van der Waals surface area contributed by atoms with Crippen molar-refractivity contribution >= 4 is 38.7 Å². The lowest BCUT2D eigenvalue weighted by molar-refractivity contribution is -0.175. The Morgan fingerprint density at radius 2 is 1.83 bits per heavy atom. The number of nitrogens with zero attached hydrogens (tertiary/aromatic N) is 3. The van der Waals surface area contributed by atoms with Crippen LogP contribution in [0.3, 0.4) is 0 Å². The number of rotatable bonds is 10. The normalized spacial score (nSPS) is 30.3.